The molecule has 3 heteroatoms. The maximum atomic E-state index is 11.9. The fourth-order valence-corrected chi connectivity index (χ4v) is 1.76. The number of carbonyl (C=O) groups excluding carboxylic acids is 1. The first kappa shape index (κ1) is 12.4. The molecule has 2 aromatic rings. The van der Waals surface area contributed by atoms with E-state index in [1.165, 1.54) is 5.56 Å². The molecule has 0 radical (unpaired) electrons. The molecule has 3 nitrogen and oxygen atoms in total. The van der Waals surface area contributed by atoms with E-state index in [4.69, 9.17) is 0 Å². The first-order valence-electron chi connectivity index (χ1n) is 6.12. The monoisotopic (exact) mass is 240 g/mol. The van der Waals surface area contributed by atoms with Crippen LogP contribution in [0.15, 0.2) is 42.9 Å². The van der Waals surface area contributed by atoms with Crippen molar-refractivity contribution in [1.82, 2.24) is 9.97 Å². The molecule has 0 spiro atoms. The third-order valence-corrected chi connectivity index (χ3v) is 2.80. The molecule has 2 rings (SSSR count). The number of aryl methyl sites for hydroxylation is 1. The molecule has 0 saturated heterocycles. The Balaban J connectivity index is 1.94. The van der Waals surface area contributed by atoms with Crippen molar-refractivity contribution in [2.45, 2.75) is 26.2 Å². The summed E-state index contributed by atoms with van der Waals surface area (Å²) in [7, 11) is 0. The van der Waals surface area contributed by atoms with Gasteiger partial charge in [0.1, 0.15) is 5.78 Å². The smallest absolute Gasteiger partial charge is 0.143 e. The van der Waals surface area contributed by atoms with E-state index in [2.05, 4.69) is 16.9 Å². The zero-order valence-electron chi connectivity index (χ0n) is 10.5. The molecule has 0 saturated carbocycles. The van der Waals surface area contributed by atoms with E-state index < -0.39 is 0 Å². The van der Waals surface area contributed by atoms with Gasteiger partial charge in [0.15, 0.2) is 0 Å². The number of hydrogen-bond acceptors (Lipinski definition) is 3. The minimum atomic E-state index is 0.166. The van der Waals surface area contributed by atoms with Gasteiger partial charge in [-0.3, -0.25) is 14.8 Å². The standard InChI is InChI=1S/C15H16N2O/c1-2-12-5-6-14(17-11-12)9-15(18)8-13-4-3-7-16-10-13/h3-7,10-11H,2,8-9H2,1H3. The summed E-state index contributed by atoms with van der Waals surface area (Å²) >= 11 is 0. The van der Waals surface area contributed by atoms with Crippen molar-refractivity contribution in [2.24, 2.45) is 0 Å². The molecular formula is C15H16N2O. The van der Waals surface area contributed by atoms with E-state index in [-0.39, 0.29) is 5.78 Å². The summed E-state index contributed by atoms with van der Waals surface area (Å²) in [6, 6.07) is 7.72. The summed E-state index contributed by atoms with van der Waals surface area (Å²) in [4.78, 5) is 20.2. The molecule has 92 valence electrons. The van der Waals surface area contributed by atoms with Gasteiger partial charge < -0.3 is 0 Å². The van der Waals surface area contributed by atoms with Gasteiger partial charge in [-0.1, -0.05) is 19.1 Å². The minimum Gasteiger partial charge on any atom is -0.299 e. The molecule has 2 heterocycles. The van der Waals surface area contributed by atoms with Crippen LogP contribution in [0.4, 0.5) is 0 Å². The van der Waals surface area contributed by atoms with Gasteiger partial charge in [-0.25, -0.2) is 0 Å². The van der Waals surface area contributed by atoms with Gasteiger partial charge in [-0.05, 0) is 29.7 Å². The van der Waals surface area contributed by atoms with Crippen LogP contribution in [0, 0.1) is 0 Å². The molecule has 0 aliphatic rings. The molecule has 18 heavy (non-hydrogen) atoms. The molecule has 0 bridgehead atoms. The zero-order chi connectivity index (χ0) is 12.8. The van der Waals surface area contributed by atoms with Gasteiger partial charge in [-0.15, -0.1) is 0 Å². The van der Waals surface area contributed by atoms with Crippen LogP contribution in [0.1, 0.15) is 23.7 Å². The number of pyridine rings is 2. The van der Waals surface area contributed by atoms with Crippen LogP contribution in [0.25, 0.3) is 0 Å². The molecule has 0 amide bonds. The number of nitrogens with zero attached hydrogens (tertiary/aromatic N) is 2. The summed E-state index contributed by atoms with van der Waals surface area (Å²) in [6.07, 6.45) is 7.05. The van der Waals surface area contributed by atoms with Crippen LogP contribution < -0.4 is 0 Å². The quantitative estimate of drug-likeness (QED) is 0.806. The Kier molecular flexibility index (Phi) is 4.18. The van der Waals surface area contributed by atoms with E-state index in [9.17, 15) is 4.79 Å². The highest BCUT2D eigenvalue weighted by molar-refractivity contribution is 5.82. The van der Waals surface area contributed by atoms with E-state index in [1.807, 2.05) is 30.5 Å². The highest BCUT2D eigenvalue weighted by Crippen LogP contribution is 2.05. The van der Waals surface area contributed by atoms with Gasteiger partial charge in [0.25, 0.3) is 0 Å². The van der Waals surface area contributed by atoms with Crippen LogP contribution >= 0.6 is 0 Å². The predicted octanol–water partition coefficient (Wildman–Crippen LogP) is 2.39. The third kappa shape index (κ3) is 3.48. The Labute approximate surface area is 107 Å². The zero-order valence-corrected chi connectivity index (χ0v) is 10.5. The highest BCUT2D eigenvalue weighted by Gasteiger charge is 2.06. The second kappa shape index (κ2) is 6.05. The van der Waals surface area contributed by atoms with Crippen molar-refractivity contribution < 1.29 is 4.79 Å². The van der Waals surface area contributed by atoms with Crippen LogP contribution in [0.5, 0.6) is 0 Å². The molecule has 0 aliphatic heterocycles. The molecule has 0 unspecified atom stereocenters. The summed E-state index contributed by atoms with van der Waals surface area (Å²) in [5.41, 5.74) is 2.98. The topological polar surface area (TPSA) is 42.9 Å². The van der Waals surface area contributed by atoms with Crippen molar-refractivity contribution in [3.63, 3.8) is 0 Å². The Hall–Kier alpha value is -2.03. The van der Waals surface area contributed by atoms with E-state index >= 15 is 0 Å². The summed E-state index contributed by atoms with van der Waals surface area (Å²) in [5, 5.41) is 0. The van der Waals surface area contributed by atoms with Crippen LogP contribution in [-0.2, 0) is 24.1 Å². The lowest BCUT2D eigenvalue weighted by Gasteiger charge is -2.02. The van der Waals surface area contributed by atoms with Crippen LogP contribution in [-0.4, -0.2) is 15.8 Å². The Morgan fingerprint density at radius 2 is 2.00 bits per heavy atom. The number of rotatable bonds is 5. The normalized spacial score (nSPS) is 10.3. The van der Waals surface area contributed by atoms with E-state index in [0.717, 1.165) is 17.7 Å². The third-order valence-electron chi connectivity index (χ3n) is 2.80. The number of aromatic nitrogens is 2. The van der Waals surface area contributed by atoms with Crippen LogP contribution in [0.3, 0.4) is 0 Å². The lowest BCUT2D eigenvalue weighted by molar-refractivity contribution is -0.117. The fourth-order valence-electron chi connectivity index (χ4n) is 1.76. The molecular weight excluding hydrogens is 224 g/mol. The average Bonchev–Trinajstić information content (AvgIpc) is 2.40. The maximum absolute atomic E-state index is 11.9. The summed E-state index contributed by atoms with van der Waals surface area (Å²) < 4.78 is 0. The van der Waals surface area contributed by atoms with E-state index in [1.54, 1.807) is 12.4 Å². The first-order chi connectivity index (χ1) is 8.78. The Morgan fingerprint density at radius 3 is 2.61 bits per heavy atom. The molecule has 0 atom stereocenters. The highest BCUT2D eigenvalue weighted by atomic mass is 16.1. The largest absolute Gasteiger partial charge is 0.299 e. The SMILES string of the molecule is CCc1ccc(CC(=O)Cc2cccnc2)nc1. The van der Waals surface area contributed by atoms with Gasteiger partial charge in [0.2, 0.25) is 0 Å². The van der Waals surface area contributed by atoms with Crippen molar-refractivity contribution in [3.8, 4) is 0 Å². The maximum Gasteiger partial charge on any atom is 0.143 e. The average molecular weight is 240 g/mol. The molecule has 0 N–H and O–H groups in total. The molecule has 0 aliphatic carbocycles. The predicted molar refractivity (Wildman–Crippen MR) is 70.3 cm³/mol. The second-order valence-electron chi connectivity index (χ2n) is 4.26. The number of carbonyl (C=O) groups is 1. The minimum absolute atomic E-state index is 0.166. The van der Waals surface area contributed by atoms with Gasteiger partial charge in [0, 0.05) is 37.1 Å². The van der Waals surface area contributed by atoms with Gasteiger partial charge >= 0.3 is 0 Å². The van der Waals surface area contributed by atoms with Crippen molar-refractivity contribution in [3.05, 3.63) is 59.7 Å². The fraction of sp³-hybridized carbons (Fsp3) is 0.267. The molecule has 0 fully saturated rings. The number of ketones is 1. The van der Waals surface area contributed by atoms with Gasteiger partial charge in [-0.2, -0.15) is 0 Å². The van der Waals surface area contributed by atoms with Crippen molar-refractivity contribution in [1.29, 1.82) is 0 Å². The lowest BCUT2D eigenvalue weighted by atomic mass is 10.1. The van der Waals surface area contributed by atoms with Crippen LogP contribution in [0.2, 0.25) is 0 Å². The van der Waals surface area contributed by atoms with E-state index in [0.29, 0.717) is 12.8 Å². The summed E-state index contributed by atoms with van der Waals surface area (Å²) in [5.74, 6) is 0.166. The Bertz CT molecular complexity index is 506. The van der Waals surface area contributed by atoms with Crippen molar-refractivity contribution >= 4 is 5.78 Å². The first-order valence-corrected chi connectivity index (χ1v) is 6.12. The molecule has 2 aromatic heterocycles. The molecule has 0 aromatic carbocycles. The number of hydrogen-bond donors (Lipinski definition) is 0. The second-order valence-corrected chi connectivity index (χ2v) is 4.26. The number of Topliss-reactive ketones (excluding diaryl/α,β-unsaturated/α-hetero) is 1. The lowest BCUT2D eigenvalue weighted by Crippen LogP contribution is -2.08. The van der Waals surface area contributed by atoms with Gasteiger partial charge in [0.05, 0.1) is 0 Å². The summed E-state index contributed by atoms with van der Waals surface area (Å²) in [6.45, 7) is 2.09. The Morgan fingerprint density at radius 1 is 1.11 bits per heavy atom. The van der Waals surface area contributed by atoms with Crippen molar-refractivity contribution in [2.75, 3.05) is 0 Å².